The fourth-order valence-corrected chi connectivity index (χ4v) is 8.55. The minimum atomic E-state index is 0.616. The molecule has 1 rings (SSSR count). The van der Waals surface area contributed by atoms with Crippen LogP contribution < -0.4 is 4.57 Å². The van der Waals surface area contributed by atoms with Crippen LogP contribution in [0, 0.1) is 0 Å². The van der Waals surface area contributed by atoms with Crippen molar-refractivity contribution in [2.24, 2.45) is 0 Å². The average Bonchev–Trinajstić information content (AvgIpc) is 3.63. The van der Waals surface area contributed by atoms with Gasteiger partial charge in [-0.15, -0.1) is 0 Å². The Morgan fingerprint density at radius 3 is 0.922 bits per heavy atom. The van der Waals surface area contributed by atoms with E-state index in [9.17, 15) is 0 Å². The van der Waals surface area contributed by atoms with Crippen molar-refractivity contribution in [1.82, 2.24) is 4.98 Å². The van der Waals surface area contributed by atoms with Gasteiger partial charge in [-0.2, -0.15) is 0 Å². The van der Waals surface area contributed by atoms with Crippen LogP contribution in [-0.4, -0.2) is 4.98 Å². The van der Waals surface area contributed by atoms with E-state index in [1.807, 2.05) is 0 Å². The van der Waals surface area contributed by atoms with Crippen molar-refractivity contribution in [1.29, 1.82) is 0 Å². The van der Waals surface area contributed by atoms with E-state index in [-0.39, 0.29) is 0 Å². The number of rotatable bonds is 42. The molecule has 0 aliphatic carbocycles. The van der Waals surface area contributed by atoms with E-state index in [1.54, 1.807) is 5.82 Å². The standard InChI is InChI=1S/C49H96N2/c1-5-8-11-14-17-20-23-25-26-27-29-32-35-38-41-44-48(43-40-37-34-31-22-19-16-13-10-7-3)49-50-45-46-51(49)47(4)42-39-36-33-30-28-24-21-18-15-12-9-6-2/h45-48H,5-44H2,1-4H3/p+1. The molecule has 0 amide bonds. The van der Waals surface area contributed by atoms with Crippen LogP contribution in [0.1, 0.15) is 302 Å². The third-order valence-corrected chi connectivity index (χ3v) is 12.1. The molecule has 0 aliphatic rings. The molecule has 1 aromatic rings. The molecule has 0 saturated heterocycles. The smallest absolute Gasteiger partial charge is 0.247 e. The summed E-state index contributed by atoms with van der Waals surface area (Å²) in [5, 5.41) is 0. The van der Waals surface area contributed by atoms with E-state index in [4.69, 9.17) is 0 Å². The number of nitrogens with zero attached hydrogens (tertiary/aromatic N) is 1. The Morgan fingerprint density at radius 1 is 0.373 bits per heavy atom. The van der Waals surface area contributed by atoms with E-state index >= 15 is 0 Å². The van der Waals surface area contributed by atoms with E-state index in [2.05, 4.69) is 49.6 Å². The molecule has 0 bridgehead atoms. The predicted molar refractivity (Wildman–Crippen MR) is 230 cm³/mol. The fourth-order valence-electron chi connectivity index (χ4n) is 8.55. The van der Waals surface area contributed by atoms with Crippen molar-refractivity contribution in [3.05, 3.63) is 18.2 Å². The normalized spacial score (nSPS) is 12.9. The monoisotopic (exact) mass is 714 g/mol. The highest BCUT2D eigenvalue weighted by Crippen LogP contribution is 2.28. The van der Waals surface area contributed by atoms with Gasteiger partial charge in [0.25, 0.3) is 5.82 Å². The van der Waals surface area contributed by atoms with Gasteiger partial charge in [-0.1, -0.05) is 252 Å². The maximum Gasteiger partial charge on any atom is 0.257 e. The second-order valence-corrected chi connectivity index (χ2v) is 17.2. The van der Waals surface area contributed by atoms with Crippen molar-refractivity contribution >= 4 is 0 Å². The van der Waals surface area contributed by atoms with Crippen LogP contribution in [0.5, 0.6) is 0 Å². The second-order valence-electron chi connectivity index (χ2n) is 17.2. The molecule has 0 fully saturated rings. The van der Waals surface area contributed by atoms with Crippen molar-refractivity contribution in [3.8, 4) is 0 Å². The number of imidazole rings is 1. The number of aromatic nitrogens is 2. The third kappa shape index (κ3) is 30.3. The van der Waals surface area contributed by atoms with Crippen LogP contribution in [0.25, 0.3) is 0 Å². The number of nitrogens with one attached hydrogen (secondary N) is 1. The molecule has 1 heterocycles. The van der Waals surface area contributed by atoms with Crippen molar-refractivity contribution in [2.75, 3.05) is 0 Å². The molecule has 51 heavy (non-hydrogen) atoms. The van der Waals surface area contributed by atoms with Crippen molar-refractivity contribution in [2.45, 2.75) is 296 Å². The molecule has 0 spiro atoms. The van der Waals surface area contributed by atoms with E-state index < -0.39 is 0 Å². The Morgan fingerprint density at radius 2 is 0.627 bits per heavy atom. The predicted octanol–water partition coefficient (Wildman–Crippen LogP) is 17.6. The summed E-state index contributed by atoms with van der Waals surface area (Å²) >= 11 is 0. The van der Waals surface area contributed by atoms with Gasteiger partial charge < -0.3 is 0 Å². The average molecular weight is 714 g/mol. The lowest BCUT2D eigenvalue weighted by molar-refractivity contribution is -0.727. The lowest BCUT2D eigenvalue weighted by atomic mass is 9.92. The summed E-state index contributed by atoms with van der Waals surface area (Å²) in [4.78, 5) is 3.78. The van der Waals surface area contributed by atoms with E-state index in [0.29, 0.717) is 12.0 Å². The molecule has 0 radical (unpaired) electrons. The van der Waals surface area contributed by atoms with Crippen LogP contribution in [0.15, 0.2) is 12.4 Å². The first-order chi connectivity index (χ1) is 25.2. The number of H-pyrrole nitrogens is 1. The number of hydrogen-bond acceptors (Lipinski definition) is 0. The summed E-state index contributed by atoms with van der Waals surface area (Å²) in [7, 11) is 0. The fraction of sp³-hybridized carbons (Fsp3) is 0.939. The van der Waals surface area contributed by atoms with E-state index in [1.165, 1.54) is 257 Å². The highest BCUT2D eigenvalue weighted by molar-refractivity contribution is 4.90. The van der Waals surface area contributed by atoms with Gasteiger partial charge in [-0.3, -0.25) is 0 Å². The molecular formula is C49H97N2+. The first kappa shape index (κ1) is 48.2. The molecule has 1 aromatic heterocycles. The zero-order chi connectivity index (χ0) is 36.7. The molecule has 1 N–H and O–H groups in total. The molecule has 2 heteroatoms. The summed E-state index contributed by atoms with van der Waals surface area (Å²) in [6, 6.07) is 0.616. The van der Waals surface area contributed by atoms with Crippen LogP contribution in [0.2, 0.25) is 0 Å². The quantitative estimate of drug-likeness (QED) is 0.0514. The molecule has 302 valence electrons. The van der Waals surface area contributed by atoms with Crippen molar-refractivity contribution < 1.29 is 4.57 Å². The third-order valence-electron chi connectivity index (χ3n) is 12.1. The van der Waals surface area contributed by atoms with Gasteiger partial charge in [-0.25, -0.2) is 9.55 Å². The Labute approximate surface area is 323 Å². The zero-order valence-electron chi connectivity index (χ0n) is 36.0. The molecule has 0 aliphatic heterocycles. The van der Waals surface area contributed by atoms with Crippen molar-refractivity contribution in [3.63, 3.8) is 0 Å². The van der Waals surface area contributed by atoms with Gasteiger partial charge in [0.05, 0.1) is 12.0 Å². The second kappa shape index (κ2) is 38.9. The lowest BCUT2D eigenvalue weighted by Crippen LogP contribution is -2.41. The van der Waals surface area contributed by atoms with Crippen LogP contribution in [0.3, 0.4) is 0 Å². The molecule has 2 unspecified atom stereocenters. The summed E-state index contributed by atoms with van der Waals surface area (Å²) in [6.07, 6.45) is 62.1. The van der Waals surface area contributed by atoms with Crippen LogP contribution in [-0.2, 0) is 0 Å². The maximum atomic E-state index is 3.78. The molecule has 2 atom stereocenters. The largest absolute Gasteiger partial charge is 0.257 e. The van der Waals surface area contributed by atoms with Gasteiger partial charge in [0.1, 0.15) is 12.4 Å². The van der Waals surface area contributed by atoms with Gasteiger partial charge in [-0.05, 0) is 32.6 Å². The first-order valence-electron chi connectivity index (χ1n) is 24.3. The SMILES string of the molecule is CCCCCCCCCCCCCCCCCC(CCCCCCCCCCCC)c1[nH]cc[n+]1C(C)CCCCCCCCCCCCCC. The van der Waals surface area contributed by atoms with Crippen LogP contribution >= 0.6 is 0 Å². The maximum absolute atomic E-state index is 3.78. The first-order valence-corrected chi connectivity index (χ1v) is 24.3. The topological polar surface area (TPSA) is 19.7 Å². The Bertz CT molecular complexity index is 783. The summed E-state index contributed by atoms with van der Waals surface area (Å²) in [6.45, 7) is 9.44. The number of unbranched alkanes of at least 4 members (excludes halogenated alkanes) is 34. The van der Waals surface area contributed by atoms with Crippen LogP contribution in [0.4, 0.5) is 0 Å². The molecular weight excluding hydrogens is 617 g/mol. The summed E-state index contributed by atoms with van der Waals surface area (Å²) in [5.41, 5.74) is 0. The summed E-state index contributed by atoms with van der Waals surface area (Å²) < 4.78 is 2.66. The molecule has 0 saturated carbocycles. The Balaban J connectivity index is 2.36. The summed E-state index contributed by atoms with van der Waals surface area (Å²) in [5.74, 6) is 2.25. The highest BCUT2D eigenvalue weighted by atomic mass is 15.1. The van der Waals surface area contributed by atoms with E-state index in [0.717, 1.165) is 0 Å². The van der Waals surface area contributed by atoms with Gasteiger partial charge in [0.2, 0.25) is 0 Å². The zero-order valence-corrected chi connectivity index (χ0v) is 36.0. The van der Waals surface area contributed by atoms with Gasteiger partial charge in [0, 0.05) is 0 Å². The Hall–Kier alpha value is -0.790. The van der Waals surface area contributed by atoms with Gasteiger partial charge in [0.15, 0.2) is 0 Å². The lowest BCUT2D eigenvalue weighted by Gasteiger charge is -2.17. The number of aromatic amines is 1. The minimum absolute atomic E-state index is 0.616. The minimum Gasteiger partial charge on any atom is -0.247 e. The highest BCUT2D eigenvalue weighted by Gasteiger charge is 2.25. The Kier molecular flexibility index (Phi) is 36.8. The molecule has 2 nitrogen and oxygen atoms in total. The molecule has 0 aromatic carbocycles. The number of hydrogen-bond donors (Lipinski definition) is 1. The van der Waals surface area contributed by atoms with Gasteiger partial charge >= 0.3 is 0 Å².